The molecule has 0 spiro atoms. The number of aliphatic carboxylic acids is 1. The van der Waals surface area contributed by atoms with E-state index in [0.29, 0.717) is 0 Å². The number of benzene rings is 1. The summed E-state index contributed by atoms with van der Waals surface area (Å²) in [6, 6.07) is 14.6. The molecule has 0 bridgehead atoms. The molecule has 0 aliphatic heterocycles. The summed E-state index contributed by atoms with van der Waals surface area (Å²) in [6.45, 7) is 0. The van der Waals surface area contributed by atoms with Crippen LogP contribution in [0.1, 0.15) is 49.7 Å². The summed E-state index contributed by atoms with van der Waals surface area (Å²) in [4.78, 5) is 14.8. The third-order valence-electron chi connectivity index (χ3n) is 4.02. The second kappa shape index (κ2) is 10.4. The summed E-state index contributed by atoms with van der Waals surface area (Å²) in [5.74, 6) is -0.714. The van der Waals surface area contributed by atoms with Gasteiger partial charge >= 0.3 is 5.97 Å². The van der Waals surface area contributed by atoms with Crippen LogP contribution in [0.4, 0.5) is 0 Å². The van der Waals surface area contributed by atoms with E-state index in [1.165, 1.54) is 16.7 Å². The highest BCUT2D eigenvalue weighted by molar-refractivity contribution is 5.66. The molecule has 0 aliphatic rings. The molecular weight excluding hydrogens is 298 g/mol. The molecule has 1 aromatic carbocycles. The molecule has 0 radical (unpaired) electrons. The monoisotopic (exact) mass is 323 g/mol. The molecule has 2 rings (SSSR count). The molecule has 0 saturated carbocycles. The highest BCUT2D eigenvalue weighted by Gasteiger charge is 2.03. The van der Waals surface area contributed by atoms with Crippen molar-refractivity contribution in [3.05, 3.63) is 72.1 Å². The molecule has 0 atom stereocenters. The second-order valence-electron chi connectivity index (χ2n) is 5.95. The number of unbranched alkanes of at least 4 members (excludes halogenated alkanes) is 2. The molecule has 1 N–H and O–H groups in total. The Hall–Kier alpha value is -2.42. The minimum absolute atomic E-state index is 0.254. The van der Waals surface area contributed by atoms with Gasteiger partial charge in [0.05, 0.1) is 0 Å². The van der Waals surface area contributed by atoms with E-state index in [1.54, 1.807) is 6.20 Å². The molecule has 0 saturated heterocycles. The summed E-state index contributed by atoms with van der Waals surface area (Å²) in [5.41, 5.74) is 3.85. The maximum absolute atomic E-state index is 10.6. The van der Waals surface area contributed by atoms with E-state index in [4.69, 9.17) is 5.11 Å². The van der Waals surface area contributed by atoms with Crippen LogP contribution in [0.25, 0.3) is 5.57 Å². The first-order valence-electron chi connectivity index (χ1n) is 8.61. The fourth-order valence-corrected chi connectivity index (χ4v) is 2.74. The Morgan fingerprint density at radius 2 is 1.83 bits per heavy atom. The van der Waals surface area contributed by atoms with Gasteiger partial charge in [0.1, 0.15) is 0 Å². The second-order valence-corrected chi connectivity index (χ2v) is 5.95. The molecule has 0 unspecified atom stereocenters. The molecule has 126 valence electrons. The van der Waals surface area contributed by atoms with Crippen LogP contribution >= 0.6 is 0 Å². The standard InChI is InChI=1S/C21H25NO2/c23-21(24)15-6-2-5-12-19(20-14-8-16-22-17-20)13-7-11-18-9-3-1-4-10-18/h1,3-4,8-10,12,14,16-17H,2,5-7,11,13,15H2,(H,23,24)/b19-12-. The number of pyridine rings is 1. The van der Waals surface area contributed by atoms with Crippen molar-refractivity contribution in [2.75, 3.05) is 0 Å². The minimum Gasteiger partial charge on any atom is -0.481 e. The molecule has 3 heteroatoms. The van der Waals surface area contributed by atoms with Crippen molar-refractivity contribution >= 4 is 11.5 Å². The molecule has 0 aliphatic carbocycles. The maximum Gasteiger partial charge on any atom is 0.303 e. The SMILES string of the molecule is O=C(O)CCCC/C=C(/CCCc1ccccc1)c1cccnc1. The van der Waals surface area contributed by atoms with Crippen LogP contribution in [0, 0.1) is 0 Å². The van der Waals surface area contributed by atoms with Crippen molar-refractivity contribution in [2.45, 2.75) is 44.9 Å². The zero-order valence-corrected chi connectivity index (χ0v) is 14.0. The number of rotatable bonds is 10. The zero-order chi connectivity index (χ0) is 17.0. The largest absolute Gasteiger partial charge is 0.481 e. The van der Waals surface area contributed by atoms with Gasteiger partial charge in [0.2, 0.25) is 0 Å². The molecule has 1 heterocycles. The van der Waals surface area contributed by atoms with E-state index >= 15 is 0 Å². The van der Waals surface area contributed by atoms with Crippen LogP contribution in [-0.4, -0.2) is 16.1 Å². The van der Waals surface area contributed by atoms with Crippen molar-refractivity contribution in [3.8, 4) is 0 Å². The smallest absolute Gasteiger partial charge is 0.303 e. The Morgan fingerprint density at radius 3 is 2.54 bits per heavy atom. The normalized spacial score (nSPS) is 11.4. The summed E-state index contributed by atoms with van der Waals surface area (Å²) >= 11 is 0. The van der Waals surface area contributed by atoms with Crippen LogP contribution in [0.2, 0.25) is 0 Å². The average Bonchev–Trinajstić information content (AvgIpc) is 2.61. The number of nitrogens with zero attached hydrogens (tertiary/aromatic N) is 1. The van der Waals surface area contributed by atoms with E-state index in [9.17, 15) is 4.79 Å². The van der Waals surface area contributed by atoms with Crippen LogP contribution in [0.15, 0.2) is 60.9 Å². The van der Waals surface area contributed by atoms with Gasteiger partial charge in [-0.25, -0.2) is 0 Å². The lowest BCUT2D eigenvalue weighted by molar-refractivity contribution is -0.137. The number of carbonyl (C=O) groups is 1. The first-order valence-corrected chi connectivity index (χ1v) is 8.61. The predicted octanol–water partition coefficient (Wildman–Crippen LogP) is 5.13. The van der Waals surface area contributed by atoms with E-state index < -0.39 is 5.97 Å². The van der Waals surface area contributed by atoms with Gasteiger partial charge in [-0.2, -0.15) is 0 Å². The first kappa shape index (κ1) is 17.9. The molecule has 24 heavy (non-hydrogen) atoms. The zero-order valence-electron chi connectivity index (χ0n) is 14.0. The van der Waals surface area contributed by atoms with E-state index in [2.05, 4.69) is 41.4 Å². The third kappa shape index (κ3) is 6.78. The van der Waals surface area contributed by atoms with Gasteiger partial charge in [-0.3, -0.25) is 9.78 Å². The number of carboxylic acids is 1. The number of allylic oxidation sites excluding steroid dienone is 2. The third-order valence-corrected chi connectivity index (χ3v) is 4.02. The number of aromatic nitrogens is 1. The quantitative estimate of drug-likeness (QED) is 0.616. The topological polar surface area (TPSA) is 50.2 Å². The lowest BCUT2D eigenvalue weighted by atomic mass is 9.98. The molecule has 3 nitrogen and oxygen atoms in total. The summed E-state index contributed by atoms with van der Waals surface area (Å²) < 4.78 is 0. The highest BCUT2D eigenvalue weighted by Crippen LogP contribution is 2.22. The minimum atomic E-state index is -0.714. The molecule has 0 amide bonds. The summed E-state index contributed by atoms with van der Waals surface area (Å²) in [7, 11) is 0. The van der Waals surface area contributed by atoms with Gasteiger partial charge in [-0.15, -0.1) is 0 Å². The average molecular weight is 323 g/mol. The van der Waals surface area contributed by atoms with Gasteiger partial charge in [-0.05, 0) is 61.3 Å². The van der Waals surface area contributed by atoms with Gasteiger partial charge in [-0.1, -0.05) is 42.5 Å². The fourth-order valence-electron chi connectivity index (χ4n) is 2.74. The maximum atomic E-state index is 10.6. The lowest BCUT2D eigenvalue weighted by Gasteiger charge is -2.08. The Morgan fingerprint density at radius 1 is 1.00 bits per heavy atom. The number of carboxylic acid groups (broad SMARTS) is 1. The Kier molecular flexibility index (Phi) is 7.75. The van der Waals surface area contributed by atoms with Crippen molar-refractivity contribution in [1.82, 2.24) is 4.98 Å². The van der Waals surface area contributed by atoms with Gasteiger partial charge in [0, 0.05) is 18.8 Å². The van der Waals surface area contributed by atoms with Gasteiger partial charge in [0.15, 0.2) is 0 Å². The van der Waals surface area contributed by atoms with E-state index in [1.807, 2.05) is 18.3 Å². The van der Waals surface area contributed by atoms with Gasteiger partial charge in [0.25, 0.3) is 0 Å². The Balaban J connectivity index is 1.89. The predicted molar refractivity (Wildman–Crippen MR) is 97.7 cm³/mol. The first-order chi connectivity index (χ1) is 11.8. The van der Waals surface area contributed by atoms with Crippen molar-refractivity contribution in [1.29, 1.82) is 0 Å². The van der Waals surface area contributed by atoms with E-state index in [-0.39, 0.29) is 6.42 Å². The Labute approximate surface area is 144 Å². The summed E-state index contributed by atoms with van der Waals surface area (Å²) in [5, 5.41) is 8.70. The van der Waals surface area contributed by atoms with Crippen molar-refractivity contribution in [3.63, 3.8) is 0 Å². The van der Waals surface area contributed by atoms with Crippen LogP contribution < -0.4 is 0 Å². The van der Waals surface area contributed by atoms with Gasteiger partial charge < -0.3 is 5.11 Å². The van der Waals surface area contributed by atoms with Crippen LogP contribution in [-0.2, 0) is 11.2 Å². The molecule has 1 aromatic heterocycles. The lowest BCUT2D eigenvalue weighted by Crippen LogP contribution is -1.93. The summed E-state index contributed by atoms with van der Waals surface area (Å²) in [6.07, 6.45) is 11.9. The fraction of sp³-hybridized carbons (Fsp3) is 0.333. The number of hydrogen-bond donors (Lipinski definition) is 1. The van der Waals surface area contributed by atoms with Crippen LogP contribution in [0.3, 0.4) is 0 Å². The number of aryl methyl sites for hydroxylation is 1. The molecule has 0 fully saturated rings. The molecule has 2 aromatic rings. The molecular formula is C21H25NO2. The van der Waals surface area contributed by atoms with Crippen molar-refractivity contribution in [2.24, 2.45) is 0 Å². The van der Waals surface area contributed by atoms with Crippen LogP contribution in [0.5, 0.6) is 0 Å². The highest BCUT2D eigenvalue weighted by atomic mass is 16.4. The Bertz CT molecular complexity index is 635. The van der Waals surface area contributed by atoms with E-state index in [0.717, 1.165) is 38.5 Å². The van der Waals surface area contributed by atoms with Crippen molar-refractivity contribution < 1.29 is 9.90 Å². The number of hydrogen-bond acceptors (Lipinski definition) is 2.